The van der Waals surface area contributed by atoms with E-state index in [1.807, 2.05) is 68.1 Å². The molecule has 6 nitrogen and oxygen atoms in total. The van der Waals surface area contributed by atoms with E-state index in [4.69, 9.17) is 0 Å². The van der Waals surface area contributed by atoms with E-state index in [-0.39, 0.29) is 17.9 Å². The third-order valence-electron chi connectivity index (χ3n) is 4.86. The van der Waals surface area contributed by atoms with Gasteiger partial charge in [0.25, 0.3) is 5.91 Å². The van der Waals surface area contributed by atoms with Crippen molar-refractivity contribution in [2.24, 2.45) is 0 Å². The fraction of sp³-hybridized carbons (Fsp3) is 0.409. The number of nitrogens with one attached hydrogen (secondary N) is 1. The molecule has 1 N–H and O–H groups in total. The summed E-state index contributed by atoms with van der Waals surface area (Å²) in [5.74, 6) is 0.0437. The van der Waals surface area contributed by atoms with Crippen LogP contribution in [-0.2, 0) is 4.79 Å². The lowest BCUT2D eigenvalue weighted by atomic mass is 10.1. The average Bonchev–Trinajstić information content (AvgIpc) is 2.68. The molecule has 28 heavy (non-hydrogen) atoms. The van der Waals surface area contributed by atoms with Crippen molar-refractivity contribution in [1.29, 1.82) is 0 Å². The molecule has 0 spiro atoms. The highest BCUT2D eigenvalue weighted by Crippen LogP contribution is 2.20. The quantitative estimate of drug-likeness (QED) is 0.865. The van der Waals surface area contributed by atoms with E-state index < -0.39 is 0 Å². The predicted octanol–water partition coefficient (Wildman–Crippen LogP) is 2.34. The lowest BCUT2D eigenvalue weighted by Gasteiger charge is -2.34. The first-order valence-corrected chi connectivity index (χ1v) is 9.78. The SMILES string of the molecule is Cc1nc(-c2ccccc2)ccc1C(=O)N1CCN(CC(=O)NC(C)C)CC1. The molecule has 1 aliphatic rings. The zero-order chi connectivity index (χ0) is 20.1. The Morgan fingerprint density at radius 1 is 1.04 bits per heavy atom. The number of rotatable bonds is 5. The van der Waals surface area contributed by atoms with Crippen LogP contribution in [0.2, 0.25) is 0 Å². The Hall–Kier alpha value is -2.73. The van der Waals surface area contributed by atoms with Crippen LogP contribution >= 0.6 is 0 Å². The van der Waals surface area contributed by atoms with E-state index in [9.17, 15) is 9.59 Å². The molecule has 1 aromatic carbocycles. The minimum atomic E-state index is 0.0101. The number of piperazine rings is 1. The predicted molar refractivity (Wildman–Crippen MR) is 110 cm³/mol. The third kappa shape index (κ3) is 4.95. The van der Waals surface area contributed by atoms with Gasteiger partial charge in [-0.2, -0.15) is 0 Å². The topological polar surface area (TPSA) is 65.5 Å². The Morgan fingerprint density at radius 3 is 2.32 bits per heavy atom. The lowest BCUT2D eigenvalue weighted by Crippen LogP contribution is -2.51. The summed E-state index contributed by atoms with van der Waals surface area (Å²) in [7, 11) is 0. The average molecular weight is 380 g/mol. The minimum absolute atomic E-state index is 0.0101. The molecule has 3 rings (SSSR count). The van der Waals surface area contributed by atoms with Crippen LogP contribution in [0.25, 0.3) is 11.3 Å². The van der Waals surface area contributed by atoms with Crippen molar-refractivity contribution in [1.82, 2.24) is 20.1 Å². The normalized spacial score (nSPS) is 14.9. The molecule has 6 heteroatoms. The molecule has 2 amide bonds. The molecule has 0 saturated carbocycles. The van der Waals surface area contributed by atoms with Crippen molar-refractivity contribution in [3.05, 3.63) is 53.7 Å². The van der Waals surface area contributed by atoms with E-state index in [1.165, 1.54) is 0 Å². The van der Waals surface area contributed by atoms with E-state index in [1.54, 1.807) is 0 Å². The number of aromatic nitrogens is 1. The van der Waals surface area contributed by atoms with Gasteiger partial charge in [0, 0.05) is 37.8 Å². The number of pyridine rings is 1. The first kappa shape index (κ1) is 20.0. The molecule has 2 heterocycles. The summed E-state index contributed by atoms with van der Waals surface area (Å²) in [5.41, 5.74) is 3.30. The molecule has 1 fully saturated rings. The van der Waals surface area contributed by atoms with Gasteiger partial charge in [0.15, 0.2) is 0 Å². The molecule has 148 valence electrons. The van der Waals surface area contributed by atoms with E-state index in [0.717, 1.165) is 17.0 Å². The highest BCUT2D eigenvalue weighted by Gasteiger charge is 2.24. The number of carbonyl (C=O) groups excluding carboxylic acids is 2. The summed E-state index contributed by atoms with van der Waals surface area (Å²) >= 11 is 0. The van der Waals surface area contributed by atoms with Gasteiger partial charge in [0.2, 0.25) is 5.91 Å². The van der Waals surface area contributed by atoms with Crippen molar-refractivity contribution in [3.63, 3.8) is 0 Å². The number of hydrogen-bond acceptors (Lipinski definition) is 4. The van der Waals surface area contributed by atoms with Crippen LogP contribution in [0.15, 0.2) is 42.5 Å². The molecule has 1 aliphatic heterocycles. The Morgan fingerprint density at radius 2 is 1.71 bits per heavy atom. The Balaban J connectivity index is 1.60. The van der Waals surface area contributed by atoms with Crippen molar-refractivity contribution in [3.8, 4) is 11.3 Å². The van der Waals surface area contributed by atoms with Crippen LogP contribution in [0.5, 0.6) is 0 Å². The van der Waals surface area contributed by atoms with E-state index in [2.05, 4.69) is 15.2 Å². The second-order valence-corrected chi connectivity index (χ2v) is 7.49. The molecule has 2 aromatic rings. The van der Waals surface area contributed by atoms with Crippen LogP contribution in [-0.4, -0.2) is 65.4 Å². The van der Waals surface area contributed by atoms with Crippen molar-refractivity contribution < 1.29 is 9.59 Å². The highest BCUT2D eigenvalue weighted by atomic mass is 16.2. The molecule has 0 aliphatic carbocycles. The van der Waals surface area contributed by atoms with Crippen LogP contribution in [0.3, 0.4) is 0 Å². The summed E-state index contributed by atoms with van der Waals surface area (Å²) in [6.45, 7) is 8.81. The van der Waals surface area contributed by atoms with Gasteiger partial charge < -0.3 is 10.2 Å². The lowest BCUT2D eigenvalue weighted by molar-refractivity contribution is -0.123. The van der Waals surface area contributed by atoms with Crippen molar-refractivity contribution in [2.45, 2.75) is 26.8 Å². The standard InChI is InChI=1S/C22H28N4O2/c1-16(2)23-21(27)15-25-11-13-26(14-12-25)22(28)19-9-10-20(24-17(19)3)18-7-5-4-6-8-18/h4-10,16H,11-15H2,1-3H3,(H,23,27). The number of carbonyl (C=O) groups is 2. The number of hydrogen-bond donors (Lipinski definition) is 1. The smallest absolute Gasteiger partial charge is 0.255 e. The summed E-state index contributed by atoms with van der Waals surface area (Å²) < 4.78 is 0. The second-order valence-electron chi connectivity index (χ2n) is 7.49. The summed E-state index contributed by atoms with van der Waals surface area (Å²) in [6.07, 6.45) is 0. The summed E-state index contributed by atoms with van der Waals surface area (Å²) in [6, 6.07) is 13.9. The fourth-order valence-electron chi connectivity index (χ4n) is 3.41. The zero-order valence-corrected chi connectivity index (χ0v) is 16.8. The van der Waals surface area contributed by atoms with Crippen LogP contribution in [0.4, 0.5) is 0 Å². The van der Waals surface area contributed by atoms with Gasteiger partial charge >= 0.3 is 0 Å². The maximum absolute atomic E-state index is 12.9. The van der Waals surface area contributed by atoms with E-state index >= 15 is 0 Å². The highest BCUT2D eigenvalue weighted by molar-refractivity contribution is 5.95. The van der Waals surface area contributed by atoms with Crippen molar-refractivity contribution >= 4 is 11.8 Å². The maximum atomic E-state index is 12.9. The fourth-order valence-corrected chi connectivity index (χ4v) is 3.41. The summed E-state index contributed by atoms with van der Waals surface area (Å²) in [5, 5.41) is 2.91. The van der Waals surface area contributed by atoms with Crippen LogP contribution < -0.4 is 5.32 Å². The Bertz CT molecular complexity index is 828. The third-order valence-corrected chi connectivity index (χ3v) is 4.86. The molecular formula is C22H28N4O2. The molecule has 0 radical (unpaired) electrons. The minimum Gasteiger partial charge on any atom is -0.353 e. The van der Waals surface area contributed by atoms with E-state index in [0.29, 0.717) is 38.3 Å². The Kier molecular flexibility index (Phi) is 6.41. The largest absolute Gasteiger partial charge is 0.353 e. The van der Waals surface area contributed by atoms with Gasteiger partial charge in [0.05, 0.1) is 23.5 Å². The van der Waals surface area contributed by atoms with Gasteiger partial charge in [-0.3, -0.25) is 19.5 Å². The number of nitrogens with zero attached hydrogens (tertiary/aromatic N) is 3. The molecule has 1 saturated heterocycles. The first-order chi connectivity index (χ1) is 13.4. The van der Waals surface area contributed by atoms with Gasteiger partial charge in [-0.05, 0) is 32.9 Å². The molecular weight excluding hydrogens is 352 g/mol. The number of amides is 2. The van der Waals surface area contributed by atoms with Gasteiger partial charge in [-0.15, -0.1) is 0 Å². The monoisotopic (exact) mass is 380 g/mol. The van der Waals surface area contributed by atoms with Crippen LogP contribution in [0.1, 0.15) is 29.9 Å². The van der Waals surface area contributed by atoms with Crippen LogP contribution in [0, 0.1) is 6.92 Å². The van der Waals surface area contributed by atoms with Gasteiger partial charge in [0.1, 0.15) is 0 Å². The maximum Gasteiger partial charge on any atom is 0.255 e. The van der Waals surface area contributed by atoms with Gasteiger partial charge in [-0.1, -0.05) is 30.3 Å². The van der Waals surface area contributed by atoms with Gasteiger partial charge in [-0.25, -0.2) is 0 Å². The number of benzene rings is 1. The molecule has 1 aromatic heterocycles. The molecule has 0 unspecified atom stereocenters. The molecule has 0 atom stereocenters. The zero-order valence-electron chi connectivity index (χ0n) is 16.8. The first-order valence-electron chi connectivity index (χ1n) is 9.78. The second kappa shape index (κ2) is 8.97. The van der Waals surface area contributed by atoms with Crippen molar-refractivity contribution in [2.75, 3.05) is 32.7 Å². The number of aryl methyl sites for hydroxylation is 1. The Labute approximate surface area is 166 Å². The summed E-state index contributed by atoms with van der Waals surface area (Å²) in [4.78, 5) is 33.4. The molecule has 0 bridgehead atoms.